The number of para-hydroxylation sites is 2. The van der Waals surface area contributed by atoms with Gasteiger partial charge in [-0.1, -0.05) is 25.5 Å². The van der Waals surface area contributed by atoms with E-state index in [-0.39, 0.29) is 5.92 Å². The summed E-state index contributed by atoms with van der Waals surface area (Å²) in [6.45, 7) is 11.8. The molecule has 27 heavy (non-hydrogen) atoms. The average molecular weight is 371 g/mol. The summed E-state index contributed by atoms with van der Waals surface area (Å²) in [5.74, 6) is 1.60. The Labute approximate surface area is 163 Å². The molecule has 5 nitrogen and oxygen atoms in total. The Hall–Kier alpha value is -1.88. The molecule has 1 aromatic carbocycles. The standard InChI is InChI=1S/C22H34N4O/c1-4-7-15-25(5-2)22(27)18-11-10-14-24(16-18)17-21-23-19-12-8-9-13-20(19)26(21)6-3/h8-9,12-13,18H,4-7,10-11,14-17H2,1-3H3/t18-/m1/s1. The number of carbonyl (C=O) groups is 1. The second-order valence-corrected chi connectivity index (χ2v) is 7.61. The third kappa shape index (κ3) is 4.52. The maximum Gasteiger partial charge on any atom is 0.226 e. The second-order valence-electron chi connectivity index (χ2n) is 7.61. The van der Waals surface area contributed by atoms with E-state index in [0.29, 0.717) is 5.91 Å². The van der Waals surface area contributed by atoms with Crippen molar-refractivity contribution in [2.45, 2.75) is 59.5 Å². The zero-order valence-electron chi connectivity index (χ0n) is 17.2. The Kier molecular flexibility index (Phi) is 6.89. The fourth-order valence-electron chi connectivity index (χ4n) is 4.23. The molecule has 0 spiro atoms. The first-order valence-corrected chi connectivity index (χ1v) is 10.6. The van der Waals surface area contributed by atoms with Gasteiger partial charge in [0.15, 0.2) is 0 Å². The molecule has 1 amide bonds. The van der Waals surface area contributed by atoms with Crippen molar-refractivity contribution in [2.75, 3.05) is 26.2 Å². The quantitative estimate of drug-likeness (QED) is 0.707. The Morgan fingerprint density at radius 1 is 1.26 bits per heavy atom. The Balaban J connectivity index is 1.69. The summed E-state index contributed by atoms with van der Waals surface area (Å²) in [6, 6.07) is 8.35. The topological polar surface area (TPSA) is 41.4 Å². The number of unbranched alkanes of at least 4 members (excludes halogenated alkanes) is 1. The number of aromatic nitrogens is 2. The first-order valence-electron chi connectivity index (χ1n) is 10.6. The summed E-state index contributed by atoms with van der Waals surface area (Å²) in [4.78, 5) is 22.3. The molecule has 5 heteroatoms. The normalized spacial score (nSPS) is 18.1. The minimum absolute atomic E-state index is 0.134. The smallest absolute Gasteiger partial charge is 0.226 e. The number of rotatable bonds is 8. The number of hydrogen-bond donors (Lipinski definition) is 0. The van der Waals surface area contributed by atoms with E-state index in [0.717, 1.165) is 76.3 Å². The van der Waals surface area contributed by atoms with Crippen molar-refractivity contribution in [3.8, 4) is 0 Å². The zero-order chi connectivity index (χ0) is 19.2. The molecule has 0 bridgehead atoms. The molecule has 2 aromatic rings. The number of carbonyl (C=O) groups excluding carboxylic acids is 1. The molecule has 0 radical (unpaired) electrons. The highest BCUT2D eigenvalue weighted by Gasteiger charge is 2.29. The van der Waals surface area contributed by atoms with E-state index in [2.05, 4.69) is 53.3 Å². The van der Waals surface area contributed by atoms with Gasteiger partial charge in [-0.2, -0.15) is 0 Å². The van der Waals surface area contributed by atoms with Gasteiger partial charge in [-0.15, -0.1) is 0 Å². The van der Waals surface area contributed by atoms with Crippen LogP contribution in [0.25, 0.3) is 11.0 Å². The van der Waals surface area contributed by atoms with E-state index in [9.17, 15) is 4.79 Å². The zero-order valence-corrected chi connectivity index (χ0v) is 17.2. The van der Waals surface area contributed by atoms with E-state index in [1.807, 2.05) is 6.07 Å². The van der Waals surface area contributed by atoms with E-state index >= 15 is 0 Å². The molecule has 0 aliphatic carbocycles. The lowest BCUT2D eigenvalue weighted by atomic mass is 9.96. The van der Waals surface area contributed by atoms with Crippen molar-refractivity contribution < 1.29 is 4.79 Å². The number of amides is 1. The van der Waals surface area contributed by atoms with Gasteiger partial charge in [0.1, 0.15) is 5.82 Å². The summed E-state index contributed by atoms with van der Waals surface area (Å²) >= 11 is 0. The number of hydrogen-bond acceptors (Lipinski definition) is 3. The van der Waals surface area contributed by atoms with Gasteiger partial charge in [0, 0.05) is 26.2 Å². The number of aryl methyl sites for hydroxylation is 1. The highest BCUT2D eigenvalue weighted by atomic mass is 16.2. The van der Waals surface area contributed by atoms with E-state index in [1.54, 1.807) is 0 Å². The first kappa shape index (κ1) is 19.9. The fraction of sp³-hybridized carbons (Fsp3) is 0.636. The minimum Gasteiger partial charge on any atom is -0.343 e. The fourth-order valence-corrected chi connectivity index (χ4v) is 4.23. The van der Waals surface area contributed by atoms with Gasteiger partial charge in [-0.05, 0) is 51.8 Å². The largest absolute Gasteiger partial charge is 0.343 e. The molecule has 1 atom stereocenters. The van der Waals surface area contributed by atoms with Gasteiger partial charge in [-0.25, -0.2) is 4.98 Å². The third-order valence-electron chi connectivity index (χ3n) is 5.74. The highest BCUT2D eigenvalue weighted by molar-refractivity contribution is 5.79. The predicted molar refractivity (Wildman–Crippen MR) is 111 cm³/mol. The Bertz CT molecular complexity index is 754. The van der Waals surface area contributed by atoms with Crippen LogP contribution >= 0.6 is 0 Å². The van der Waals surface area contributed by atoms with Crippen LogP contribution in [0.15, 0.2) is 24.3 Å². The average Bonchev–Trinajstić information content (AvgIpc) is 3.05. The summed E-state index contributed by atoms with van der Waals surface area (Å²) in [6.07, 6.45) is 4.33. The second kappa shape index (κ2) is 9.36. The molecule has 0 unspecified atom stereocenters. The maximum atomic E-state index is 13.0. The van der Waals surface area contributed by atoms with Crippen molar-refractivity contribution in [1.82, 2.24) is 19.4 Å². The molecule has 2 heterocycles. The molecular weight excluding hydrogens is 336 g/mol. The van der Waals surface area contributed by atoms with Crippen LogP contribution < -0.4 is 0 Å². The monoisotopic (exact) mass is 370 g/mol. The van der Waals surface area contributed by atoms with Crippen molar-refractivity contribution in [1.29, 1.82) is 0 Å². The number of nitrogens with zero attached hydrogens (tertiary/aromatic N) is 4. The molecular formula is C22H34N4O. The van der Waals surface area contributed by atoms with Gasteiger partial charge in [0.2, 0.25) is 5.91 Å². The van der Waals surface area contributed by atoms with Crippen molar-refractivity contribution in [2.24, 2.45) is 5.92 Å². The van der Waals surface area contributed by atoms with Crippen LogP contribution in [-0.2, 0) is 17.9 Å². The van der Waals surface area contributed by atoms with Gasteiger partial charge < -0.3 is 9.47 Å². The molecule has 1 aliphatic rings. The molecule has 3 rings (SSSR count). The van der Waals surface area contributed by atoms with Crippen LogP contribution in [0.3, 0.4) is 0 Å². The molecule has 0 N–H and O–H groups in total. The van der Waals surface area contributed by atoms with E-state index in [4.69, 9.17) is 4.98 Å². The van der Waals surface area contributed by atoms with Crippen LogP contribution in [0.2, 0.25) is 0 Å². The van der Waals surface area contributed by atoms with Crippen LogP contribution in [0, 0.1) is 5.92 Å². The number of piperidine rings is 1. The first-order chi connectivity index (χ1) is 13.2. The molecule has 1 aliphatic heterocycles. The number of benzene rings is 1. The summed E-state index contributed by atoms with van der Waals surface area (Å²) in [5, 5.41) is 0. The molecule has 1 saturated heterocycles. The van der Waals surface area contributed by atoms with Gasteiger partial charge in [0.05, 0.1) is 23.5 Å². The lowest BCUT2D eigenvalue weighted by Crippen LogP contribution is -2.45. The van der Waals surface area contributed by atoms with Gasteiger partial charge in [0.25, 0.3) is 0 Å². The van der Waals surface area contributed by atoms with Crippen LogP contribution in [-0.4, -0.2) is 51.4 Å². The minimum atomic E-state index is 0.134. The predicted octanol–water partition coefficient (Wildman–Crippen LogP) is 3.92. The van der Waals surface area contributed by atoms with Crippen molar-refractivity contribution >= 4 is 16.9 Å². The Morgan fingerprint density at radius 2 is 2.07 bits per heavy atom. The summed E-state index contributed by atoms with van der Waals surface area (Å²) in [5.41, 5.74) is 2.27. The van der Waals surface area contributed by atoms with Crippen LogP contribution in [0.4, 0.5) is 0 Å². The Morgan fingerprint density at radius 3 is 2.81 bits per heavy atom. The van der Waals surface area contributed by atoms with Gasteiger partial charge >= 0.3 is 0 Å². The lowest BCUT2D eigenvalue weighted by Gasteiger charge is -2.34. The molecule has 0 saturated carbocycles. The molecule has 148 valence electrons. The summed E-state index contributed by atoms with van der Waals surface area (Å²) < 4.78 is 2.31. The maximum absolute atomic E-state index is 13.0. The van der Waals surface area contributed by atoms with Gasteiger partial charge in [-0.3, -0.25) is 9.69 Å². The van der Waals surface area contributed by atoms with Crippen LogP contribution in [0.5, 0.6) is 0 Å². The van der Waals surface area contributed by atoms with E-state index in [1.165, 1.54) is 5.52 Å². The molecule has 1 fully saturated rings. The third-order valence-corrected chi connectivity index (χ3v) is 5.74. The van der Waals surface area contributed by atoms with Crippen LogP contribution in [0.1, 0.15) is 52.3 Å². The number of likely N-dealkylation sites (tertiary alicyclic amines) is 1. The van der Waals surface area contributed by atoms with E-state index < -0.39 is 0 Å². The van der Waals surface area contributed by atoms with Crippen molar-refractivity contribution in [3.63, 3.8) is 0 Å². The SMILES string of the molecule is CCCCN(CC)C(=O)[C@@H]1CCCN(Cc2nc3ccccc3n2CC)C1. The lowest BCUT2D eigenvalue weighted by molar-refractivity contribution is -0.137. The molecule has 1 aromatic heterocycles. The van der Waals surface area contributed by atoms with Crippen molar-refractivity contribution in [3.05, 3.63) is 30.1 Å². The number of imidazole rings is 1. The summed E-state index contributed by atoms with van der Waals surface area (Å²) in [7, 11) is 0. The highest BCUT2D eigenvalue weighted by Crippen LogP contribution is 2.23. The number of fused-ring (bicyclic) bond motifs is 1.